The second-order valence-electron chi connectivity index (χ2n) is 15.1. The molecule has 1 aromatic carbocycles. The van der Waals surface area contributed by atoms with Crippen LogP contribution in [0.1, 0.15) is 117 Å². The zero-order valence-corrected chi connectivity index (χ0v) is 26.2. The molecule has 4 aliphatic rings. The molecular weight excluding hydrogens is 504 g/mol. The molecule has 9 atom stereocenters. The molecule has 0 heterocycles. The SMILES string of the molecule is Cc1ccc(S(=O)(=O)O[C@@H]2CC[C@]3(C)[C@@H]4CC[C@]5(C)[C@H](CC[C@H]5[C@H](C)CCCC(C)C)[C@@H]4CC[C@@]3(O)C2)cc1. The van der Waals surface area contributed by atoms with Gasteiger partial charge in [0.15, 0.2) is 0 Å². The highest BCUT2D eigenvalue weighted by atomic mass is 32.2. The lowest BCUT2D eigenvalue weighted by Gasteiger charge is -2.64. The minimum Gasteiger partial charge on any atom is -0.389 e. The van der Waals surface area contributed by atoms with E-state index in [1.165, 1.54) is 44.9 Å². The summed E-state index contributed by atoms with van der Waals surface area (Å²) in [5, 5.41) is 12.2. The molecule has 0 radical (unpaired) electrons. The lowest BCUT2D eigenvalue weighted by atomic mass is 9.43. The van der Waals surface area contributed by atoms with Gasteiger partial charge in [0.25, 0.3) is 10.1 Å². The first-order chi connectivity index (χ1) is 18.3. The van der Waals surface area contributed by atoms with E-state index in [-0.39, 0.29) is 10.3 Å². The van der Waals surface area contributed by atoms with Crippen molar-refractivity contribution in [2.75, 3.05) is 0 Å². The quantitative estimate of drug-likeness (QED) is 0.326. The summed E-state index contributed by atoms with van der Waals surface area (Å²) in [5.41, 5.74) is 0.444. The Morgan fingerprint density at radius 3 is 2.33 bits per heavy atom. The summed E-state index contributed by atoms with van der Waals surface area (Å²) in [7, 11) is -3.84. The van der Waals surface area contributed by atoms with Gasteiger partial charge in [-0.05, 0) is 117 Å². The summed E-state index contributed by atoms with van der Waals surface area (Å²) in [5.74, 6) is 4.42. The maximum atomic E-state index is 13.0. The molecule has 0 bridgehead atoms. The zero-order chi connectivity index (χ0) is 28.2. The van der Waals surface area contributed by atoms with Crippen LogP contribution in [0, 0.1) is 53.3 Å². The van der Waals surface area contributed by atoms with Gasteiger partial charge in [-0.1, -0.05) is 71.6 Å². The molecule has 4 saturated carbocycles. The summed E-state index contributed by atoms with van der Waals surface area (Å²) in [6.07, 6.45) is 12.6. The van der Waals surface area contributed by atoms with Crippen molar-refractivity contribution in [3.8, 4) is 0 Å². The molecule has 0 spiro atoms. The molecule has 4 nitrogen and oxygen atoms in total. The topological polar surface area (TPSA) is 63.6 Å². The molecule has 0 aliphatic heterocycles. The molecule has 4 aliphatic carbocycles. The summed E-state index contributed by atoms with van der Waals surface area (Å²) >= 11 is 0. The predicted octanol–water partition coefficient (Wildman–Crippen LogP) is 8.31. The van der Waals surface area contributed by atoms with Gasteiger partial charge < -0.3 is 5.11 Å². The Morgan fingerprint density at radius 1 is 0.923 bits per heavy atom. The number of aryl methyl sites for hydroxylation is 1. The van der Waals surface area contributed by atoms with Crippen LogP contribution >= 0.6 is 0 Å². The highest BCUT2D eigenvalue weighted by molar-refractivity contribution is 7.86. The van der Waals surface area contributed by atoms with Crippen LogP contribution in [0.15, 0.2) is 29.2 Å². The van der Waals surface area contributed by atoms with Crippen LogP contribution in [-0.4, -0.2) is 25.2 Å². The Hall–Kier alpha value is -0.910. The third-order valence-electron chi connectivity index (χ3n) is 12.5. The largest absolute Gasteiger partial charge is 0.389 e. The van der Waals surface area contributed by atoms with Crippen molar-refractivity contribution in [3.63, 3.8) is 0 Å². The molecule has 1 aromatic rings. The molecule has 1 N–H and O–H groups in total. The minimum absolute atomic E-state index is 0.161. The standard InChI is InChI=1S/C34H54O4S/c1-23(2)8-7-9-25(4)29-14-15-30-28-17-21-34(35)22-26(38-39(36,37)27-12-10-24(3)11-13-27)16-20-33(34,6)31(28)18-19-32(29,30)5/h10-13,23,25-26,28-31,35H,7-9,14-22H2,1-6H3/t25-,26-,28+,29+,30-,31-,32+,33-,34-/m1/s1. The first-order valence-electron chi connectivity index (χ1n) is 16.0. The van der Waals surface area contributed by atoms with E-state index in [0.717, 1.165) is 48.5 Å². The Balaban J connectivity index is 1.27. The third kappa shape index (κ3) is 5.27. The van der Waals surface area contributed by atoms with E-state index in [1.54, 1.807) is 24.3 Å². The normalized spacial score (nSPS) is 41.1. The summed E-state index contributed by atoms with van der Waals surface area (Å²) in [4.78, 5) is 0.206. The lowest BCUT2D eigenvalue weighted by Crippen LogP contribution is -2.63. The van der Waals surface area contributed by atoms with Crippen molar-refractivity contribution in [2.24, 2.45) is 46.3 Å². The fraction of sp³-hybridized carbons (Fsp3) is 0.824. The van der Waals surface area contributed by atoms with Gasteiger partial charge in [0.2, 0.25) is 0 Å². The average molecular weight is 559 g/mol. The fourth-order valence-electron chi connectivity index (χ4n) is 10.3. The molecule has 5 rings (SSSR count). The van der Waals surface area contributed by atoms with E-state index in [0.29, 0.717) is 30.1 Å². The highest BCUT2D eigenvalue weighted by Crippen LogP contribution is 2.69. The van der Waals surface area contributed by atoms with Gasteiger partial charge in [0.1, 0.15) is 0 Å². The number of hydrogen-bond acceptors (Lipinski definition) is 4. The summed E-state index contributed by atoms with van der Waals surface area (Å²) in [6, 6.07) is 6.85. The number of benzene rings is 1. The number of fused-ring (bicyclic) bond motifs is 5. The van der Waals surface area contributed by atoms with Gasteiger partial charge in [0.05, 0.1) is 16.6 Å². The van der Waals surface area contributed by atoms with E-state index in [4.69, 9.17) is 4.18 Å². The van der Waals surface area contributed by atoms with E-state index in [2.05, 4.69) is 34.6 Å². The van der Waals surface area contributed by atoms with Crippen LogP contribution in [-0.2, 0) is 14.3 Å². The van der Waals surface area contributed by atoms with Crippen LogP contribution in [0.4, 0.5) is 0 Å². The van der Waals surface area contributed by atoms with Crippen molar-refractivity contribution >= 4 is 10.1 Å². The summed E-state index contributed by atoms with van der Waals surface area (Å²) in [6.45, 7) is 14.1. The lowest BCUT2D eigenvalue weighted by molar-refractivity contribution is -0.217. The van der Waals surface area contributed by atoms with E-state index < -0.39 is 21.8 Å². The monoisotopic (exact) mass is 558 g/mol. The van der Waals surface area contributed by atoms with Crippen molar-refractivity contribution in [1.82, 2.24) is 0 Å². The van der Waals surface area contributed by atoms with E-state index in [9.17, 15) is 13.5 Å². The molecule has 0 saturated heterocycles. The number of hydrogen-bond donors (Lipinski definition) is 1. The molecule has 4 fully saturated rings. The Bertz CT molecular complexity index is 1110. The predicted molar refractivity (Wildman–Crippen MR) is 158 cm³/mol. The van der Waals surface area contributed by atoms with Gasteiger partial charge in [-0.2, -0.15) is 8.42 Å². The molecule has 39 heavy (non-hydrogen) atoms. The molecule has 220 valence electrons. The highest BCUT2D eigenvalue weighted by Gasteiger charge is 2.65. The molecule has 0 aromatic heterocycles. The second-order valence-corrected chi connectivity index (χ2v) is 16.7. The van der Waals surface area contributed by atoms with Crippen LogP contribution in [0.3, 0.4) is 0 Å². The smallest absolute Gasteiger partial charge is 0.297 e. The van der Waals surface area contributed by atoms with Crippen LogP contribution in [0.2, 0.25) is 0 Å². The van der Waals surface area contributed by atoms with Crippen molar-refractivity contribution in [2.45, 2.75) is 135 Å². The summed E-state index contributed by atoms with van der Waals surface area (Å²) < 4.78 is 31.8. The first-order valence-corrected chi connectivity index (χ1v) is 17.4. The zero-order valence-electron chi connectivity index (χ0n) is 25.4. The second kappa shape index (κ2) is 10.7. The van der Waals surface area contributed by atoms with Crippen molar-refractivity contribution in [3.05, 3.63) is 29.8 Å². The Kier molecular flexibility index (Phi) is 8.14. The van der Waals surface area contributed by atoms with Crippen LogP contribution in [0.5, 0.6) is 0 Å². The number of rotatable bonds is 8. The molecule has 0 unspecified atom stereocenters. The van der Waals surface area contributed by atoms with E-state index in [1.807, 2.05) is 6.92 Å². The first kappa shape index (κ1) is 29.6. The van der Waals surface area contributed by atoms with Gasteiger partial charge in [0, 0.05) is 6.42 Å². The minimum atomic E-state index is -3.84. The maximum Gasteiger partial charge on any atom is 0.297 e. The molecule has 5 heteroatoms. The van der Waals surface area contributed by atoms with Gasteiger partial charge in [-0.25, -0.2) is 0 Å². The average Bonchev–Trinajstić information content (AvgIpc) is 3.22. The van der Waals surface area contributed by atoms with Gasteiger partial charge in [-0.15, -0.1) is 0 Å². The molecule has 0 amide bonds. The van der Waals surface area contributed by atoms with Crippen molar-refractivity contribution in [1.29, 1.82) is 0 Å². The van der Waals surface area contributed by atoms with Gasteiger partial charge in [-0.3, -0.25) is 4.18 Å². The molecular formula is C34H54O4S. The van der Waals surface area contributed by atoms with Crippen molar-refractivity contribution < 1.29 is 17.7 Å². The fourth-order valence-corrected chi connectivity index (χ4v) is 11.4. The van der Waals surface area contributed by atoms with E-state index >= 15 is 0 Å². The van der Waals surface area contributed by atoms with Gasteiger partial charge >= 0.3 is 0 Å². The third-order valence-corrected chi connectivity index (χ3v) is 13.9. The Morgan fingerprint density at radius 2 is 1.64 bits per heavy atom. The van der Waals surface area contributed by atoms with Crippen LogP contribution < -0.4 is 0 Å². The Labute approximate surface area is 238 Å². The van der Waals surface area contributed by atoms with Crippen LogP contribution in [0.25, 0.3) is 0 Å². The number of aliphatic hydroxyl groups is 1. The maximum absolute atomic E-state index is 13.0.